The van der Waals surface area contributed by atoms with Crippen molar-refractivity contribution in [2.24, 2.45) is 0 Å². The molecular formula is C37H44N4O6S2. The molecule has 4 rings (SSSR count). The van der Waals surface area contributed by atoms with Gasteiger partial charge in [-0.25, -0.2) is 35.9 Å². The number of hydrogen-bond acceptors (Lipinski definition) is 6. The van der Waals surface area contributed by atoms with E-state index in [1.165, 1.54) is 24.3 Å². The largest absolute Gasteiger partial charge is 0.333 e. The molecule has 0 spiro atoms. The summed E-state index contributed by atoms with van der Waals surface area (Å²) in [6.45, 7) is 11.6. The number of rotatable bonds is 12. The van der Waals surface area contributed by atoms with Gasteiger partial charge in [-0.1, -0.05) is 87.4 Å². The Bertz CT molecular complexity index is 1860. The number of nitrogens with one attached hydrogen (secondary N) is 4. The average molecular weight is 705 g/mol. The molecule has 0 saturated carbocycles. The summed E-state index contributed by atoms with van der Waals surface area (Å²) >= 11 is 0. The van der Waals surface area contributed by atoms with E-state index < -0.39 is 32.1 Å². The van der Waals surface area contributed by atoms with Gasteiger partial charge in [0, 0.05) is 11.4 Å². The molecule has 0 aromatic heterocycles. The SMILES string of the molecule is CCc1cc(Cc2cc(CC)c(NC(=O)NS(=O)(=O)c3ccc(C)cc3)c(CC)c2)cc(CC)c1NC(=O)NS(=O)(=O)c1ccc(C)cc1. The summed E-state index contributed by atoms with van der Waals surface area (Å²) in [6.07, 6.45) is 2.98. The summed E-state index contributed by atoms with van der Waals surface area (Å²) in [6, 6.07) is 18.9. The molecule has 0 heterocycles. The van der Waals surface area contributed by atoms with Gasteiger partial charge < -0.3 is 10.6 Å². The van der Waals surface area contributed by atoms with E-state index in [9.17, 15) is 26.4 Å². The summed E-state index contributed by atoms with van der Waals surface area (Å²) in [4.78, 5) is 25.8. The molecule has 10 nitrogen and oxygen atoms in total. The first-order valence-corrected chi connectivity index (χ1v) is 19.3. The van der Waals surface area contributed by atoms with Crippen LogP contribution in [0.5, 0.6) is 0 Å². The lowest BCUT2D eigenvalue weighted by atomic mass is 9.92. The first-order valence-electron chi connectivity index (χ1n) is 16.3. The minimum Gasteiger partial charge on any atom is -0.307 e. The standard InChI is InChI=1S/C37H44N4O6S2/c1-7-28-20-26(21-29(8-2)34(28)38-36(42)40-48(44,45)32-15-11-24(5)12-16-32)19-27-22-30(9-3)35(31(10-4)23-27)39-37(43)41-49(46,47)33-17-13-25(6)14-18-33/h11-18,20-23H,7-10,19H2,1-6H3,(H2,38,40,42)(H2,39,41,43). The summed E-state index contributed by atoms with van der Waals surface area (Å²) < 4.78 is 55.4. The Labute approximate surface area is 289 Å². The van der Waals surface area contributed by atoms with Crippen LogP contribution in [0.3, 0.4) is 0 Å². The van der Waals surface area contributed by atoms with Gasteiger partial charge in [0.2, 0.25) is 0 Å². The third-order valence-corrected chi connectivity index (χ3v) is 10.9. The van der Waals surface area contributed by atoms with Crippen LogP contribution in [0.25, 0.3) is 0 Å². The summed E-state index contributed by atoms with van der Waals surface area (Å²) in [5.74, 6) is 0. The van der Waals surface area contributed by atoms with Crippen molar-refractivity contribution in [2.45, 2.75) is 83.4 Å². The topological polar surface area (TPSA) is 151 Å². The number of carbonyl (C=O) groups is 2. The van der Waals surface area contributed by atoms with Crippen molar-refractivity contribution < 1.29 is 26.4 Å². The van der Waals surface area contributed by atoms with Crippen LogP contribution in [0.15, 0.2) is 82.6 Å². The zero-order chi connectivity index (χ0) is 35.9. The first kappa shape index (κ1) is 37.1. The van der Waals surface area contributed by atoms with Crippen LogP contribution < -0.4 is 20.1 Å². The number of anilines is 2. The second kappa shape index (κ2) is 15.7. The van der Waals surface area contributed by atoms with Gasteiger partial charge in [-0.3, -0.25) is 0 Å². The van der Waals surface area contributed by atoms with Crippen LogP contribution in [0.1, 0.15) is 72.2 Å². The number of amides is 4. The molecule has 4 aromatic rings. The van der Waals surface area contributed by atoms with E-state index in [2.05, 4.69) is 20.1 Å². The van der Waals surface area contributed by atoms with Crippen molar-refractivity contribution in [2.75, 3.05) is 10.6 Å². The fraction of sp³-hybridized carbons (Fsp3) is 0.297. The molecule has 49 heavy (non-hydrogen) atoms. The van der Waals surface area contributed by atoms with E-state index in [1.807, 2.05) is 65.8 Å². The van der Waals surface area contributed by atoms with Gasteiger partial charge in [-0.15, -0.1) is 0 Å². The van der Waals surface area contributed by atoms with Gasteiger partial charge >= 0.3 is 12.1 Å². The Morgan fingerprint density at radius 3 is 1.06 bits per heavy atom. The molecule has 0 atom stereocenters. The molecule has 0 aliphatic heterocycles. The number of benzene rings is 4. The lowest BCUT2D eigenvalue weighted by molar-refractivity contribution is 0.255. The van der Waals surface area contributed by atoms with Crippen LogP contribution in [0, 0.1) is 13.8 Å². The summed E-state index contributed by atoms with van der Waals surface area (Å²) in [5.41, 5.74) is 8.48. The van der Waals surface area contributed by atoms with Crippen molar-refractivity contribution in [3.8, 4) is 0 Å². The quantitative estimate of drug-likeness (QED) is 0.123. The predicted octanol–water partition coefficient (Wildman–Crippen LogP) is 7.16. The zero-order valence-electron chi connectivity index (χ0n) is 28.7. The van der Waals surface area contributed by atoms with Crippen molar-refractivity contribution in [3.63, 3.8) is 0 Å². The van der Waals surface area contributed by atoms with Crippen molar-refractivity contribution in [1.29, 1.82) is 0 Å². The molecule has 0 fully saturated rings. The van der Waals surface area contributed by atoms with Gasteiger partial charge in [-0.2, -0.15) is 0 Å². The van der Waals surface area contributed by atoms with E-state index in [0.29, 0.717) is 43.5 Å². The van der Waals surface area contributed by atoms with Gasteiger partial charge in [0.1, 0.15) is 0 Å². The van der Waals surface area contributed by atoms with Crippen LogP contribution in [-0.2, 0) is 52.2 Å². The molecule has 4 amide bonds. The normalized spacial score (nSPS) is 11.6. The number of urea groups is 2. The molecule has 0 aliphatic rings. The molecule has 0 radical (unpaired) electrons. The maximum Gasteiger partial charge on any atom is 0.333 e. The van der Waals surface area contributed by atoms with Crippen molar-refractivity contribution >= 4 is 43.5 Å². The average Bonchev–Trinajstić information content (AvgIpc) is 3.05. The third kappa shape index (κ3) is 9.27. The van der Waals surface area contributed by atoms with Gasteiger partial charge in [0.05, 0.1) is 9.79 Å². The maximum absolute atomic E-state index is 12.9. The number of aryl methyl sites for hydroxylation is 6. The highest BCUT2D eigenvalue weighted by Gasteiger charge is 2.21. The molecule has 0 aliphatic carbocycles. The smallest absolute Gasteiger partial charge is 0.307 e. The molecular weight excluding hydrogens is 661 g/mol. The molecule has 260 valence electrons. The van der Waals surface area contributed by atoms with E-state index in [-0.39, 0.29) is 9.79 Å². The predicted molar refractivity (Wildman–Crippen MR) is 194 cm³/mol. The summed E-state index contributed by atoms with van der Waals surface area (Å²) in [7, 11) is -8.11. The molecule has 0 saturated heterocycles. The van der Waals surface area contributed by atoms with Crippen molar-refractivity contribution in [3.05, 3.63) is 117 Å². The Hall–Kier alpha value is -4.68. The number of sulfonamides is 2. The highest BCUT2D eigenvalue weighted by molar-refractivity contribution is 7.90. The van der Waals surface area contributed by atoms with Crippen molar-refractivity contribution in [1.82, 2.24) is 9.44 Å². The highest BCUT2D eigenvalue weighted by Crippen LogP contribution is 2.30. The zero-order valence-corrected chi connectivity index (χ0v) is 30.4. The van der Waals surface area contributed by atoms with E-state index in [0.717, 1.165) is 44.5 Å². The molecule has 0 unspecified atom stereocenters. The Balaban J connectivity index is 1.55. The van der Waals surface area contributed by atoms with Crippen LogP contribution in [-0.4, -0.2) is 28.9 Å². The highest BCUT2D eigenvalue weighted by atomic mass is 32.2. The molecule has 0 bridgehead atoms. The first-order chi connectivity index (χ1) is 23.2. The Morgan fingerprint density at radius 1 is 0.510 bits per heavy atom. The molecule has 4 N–H and O–H groups in total. The molecule has 4 aromatic carbocycles. The van der Waals surface area contributed by atoms with E-state index in [1.54, 1.807) is 24.3 Å². The second-order valence-electron chi connectivity index (χ2n) is 11.9. The Morgan fingerprint density at radius 2 is 0.796 bits per heavy atom. The lowest BCUT2D eigenvalue weighted by Crippen LogP contribution is -2.35. The van der Waals surface area contributed by atoms with Crippen LogP contribution >= 0.6 is 0 Å². The van der Waals surface area contributed by atoms with Gasteiger partial charge in [0.15, 0.2) is 0 Å². The summed E-state index contributed by atoms with van der Waals surface area (Å²) in [5, 5.41) is 5.56. The van der Waals surface area contributed by atoms with Gasteiger partial charge in [0.25, 0.3) is 20.0 Å². The van der Waals surface area contributed by atoms with E-state index >= 15 is 0 Å². The van der Waals surface area contributed by atoms with E-state index in [4.69, 9.17) is 0 Å². The Kier molecular flexibility index (Phi) is 11.9. The third-order valence-electron chi connectivity index (χ3n) is 8.25. The lowest BCUT2D eigenvalue weighted by Gasteiger charge is -2.19. The maximum atomic E-state index is 12.9. The number of carbonyl (C=O) groups excluding carboxylic acids is 2. The number of hydrogen-bond donors (Lipinski definition) is 4. The minimum atomic E-state index is -4.05. The minimum absolute atomic E-state index is 0.00190. The fourth-order valence-corrected chi connectivity index (χ4v) is 7.45. The molecule has 12 heteroatoms. The van der Waals surface area contributed by atoms with Crippen LogP contribution in [0.4, 0.5) is 21.0 Å². The van der Waals surface area contributed by atoms with Crippen LogP contribution in [0.2, 0.25) is 0 Å². The second-order valence-corrected chi connectivity index (χ2v) is 15.3. The monoisotopic (exact) mass is 704 g/mol. The fourth-order valence-electron chi connectivity index (χ4n) is 5.63. The van der Waals surface area contributed by atoms with Gasteiger partial charge in [-0.05, 0) is 104 Å².